The first-order chi connectivity index (χ1) is 5.09. The second kappa shape index (κ2) is 4.73. The highest BCUT2D eigenvalue weighted by Crippen LogP contribution is 2.03. The van der Waals surface area contributed by atoms with Gasteiger partial charge in [-0.15, -0.1) is 0 Å². The number of rotatable bonds is 4. The van der Waals surface area contributed by atoms with Gasteiger partial charge in [-0.1, -0.05) is 0 Å². The molecule has 0 aliphatic rings. The molecule has 0 amide bonds. The molecule has 0 atom stereocenters. The van der Waals surface area contributed by atoms with E-state index in [1.54, 1.807) is 14.0 Å². The summed E-state index contributed by atoms with van der Waals surface area (Å²) < 4.78 is 4.76. The quantitative estimate of drug-likeness (QED) is 0.580. The van der Waals surface area contributed by atoms with Gasteiger partial charge in [-0.25, -0.2) is 4.79 Å². The number of methoxy groups -OCH3 is 1. The Labute approximate surface area is 65.6 Å². The van der Waals surface area contributed by atoms with Gasteiger partial charge in [0.05, 0.1) is 0 Å². The highest BCUT2D eigenvalue weighted by atomic mass is 16.5. The van der Waals surface area contributed by atoms with Gasteiger partial charge >= 0.3 is 5.97 Å². The SMILES string of the molecule is COCCC(C)=C(N)C(=O)O. The van der Waals surface area contributed by atoms with Gasteiger partial charge in [0.1, 0.15) is 5.70 Å². The average Bonchev–Trinajstić information content (AvgIpc) is 1.98. The number of ether oxygens (including phenoxy) is 1. The second-order valence-corrected chi connectivity index (χ2v) is 2.24. The van der Waals surface area contributed by atoms with Crippen molar-refractivity contribution in [3.05, 3.63) is 11.3 Å². The minimum atomic E-state index is -1.07. The van der Waals surface area contributed by atoms with Crippen molar-refractivity contribution >= 4 is 5.97 Å². The van der Waals surface area contributed by atoms with E-state index >= 15 is 0 Å². The van der Waals surface area contributed by atoms with Crippen molar-refractivity contribution in [2.75, 3.05) is 13.7 Å². The van der Waals surface area contributed by atoms with Gasteiger partial charge in [-0.05, 0) is 18.9 Å². The largest absolute Gasteiger partial charge is 0.477 e. The molecule has 0 aromatic carbocycles. The van der Waals surface area contributed by atoms with Gasteiger partial charge in [0.25, 0.3) is 0 Å². The lowest BCUT2D eigenvalue weighted by Gasteiger charge is -2.01. The molecule has 0 aliphatic carbocycles. The fraction of sp³-hybridized carbons (Fsp3) is 0.571. The van der Waals surface area contributed by atoms with Crippen LogP contribution >= 0.6 is 0 Å². The summed E-state index contributed by atoms with van der Waals surface area (Å²) in [6.07, 6.45) is 0.564. The van der Waals surface area contributed by atoms with E-state index in [9.17, 15) is 4.79 Å². The summed E-state index contributed by atoms with van der Waals surface area (Å²) in [5, 5.41) is 8.43. The van der Waals surface area contributed by atoms with Crippen LogP contribution in [0.1, 0.15) is 13.3 Å². The van der Waals surface area contributed by atoms with Gasteiger partial charge in [-0.3, -0.25) is 0 Å². The molecule has 0 heterocycles. The summed E-state index contributed by atoms with van der Waals surface area (Å²) in [4.78, 5) is 10.3. The van der Waals surface area contributed by atoms with Crippen molar-refractivity contribution in [2.45, 2.75) is 13.3 Å². The maximum Gasteiger partial charge on any atom is 0.351 e. The molecule has 0 aromatic rings. The standard InChI is InChI=1S/C7H13NO3/c1-5(3-4-11-2)6(8)7(9)10/h3-4,8H2,1-2H3,(H,9,10). The molecule has 0 radical (unpaired) electrons. The molecule has 64 valence electrons. The van der Waals surface area contributed by atoms with Crippen LogP contribution in [-0.2, 0) is 9.53 Å². The van der Waals surface area contributed by atoms with Gasteiger partial charge in [-0.2, -0.15) is 0 Å². The van der Waals surface area contributed by atoms with Crippen LogP contribution in [0.2, 0.25) is 0 Å². The smallest absolute Gasteiger partial charge is 0.351 e. The lowest BCUT2D eigenvalue weighted by atomic mass is 10.2. The molecule has 4 nitrogen and oxygen atoms in total. The fourth-order valence-corrected chi connectivity index (χ4v) is 0.572. The average molecular weight is 159 g/mol. The van der Waals surface area contributed by atoms with Gasteiger partial charge in [0.15, 0.2) is 0 Å². The Morgan fingerprint density at radius 3 is 2.55 bits per heavy atom. The Balaban J connectivity index is 4.05. The van der Waals surface area contributed by atoms with E-state index in [2.05, 4.69) is 0 Å². The third kappa shape index (κ3) is 3.62. The summed E-state index contributed by atoms with van der Waals surface area (Å²) in [6.45, 7) is 2.18. The molecule has 0 rings (SSSR count). The number of hydrogen-bond acceptors (Lipinski definition) is 3. The lowest BCUT2D eigenvalue weighted by Crippen LogP contribution is -2.13. The maximum atomic E-state index is 10.3. The van der Waals surface area contributed by atoms with Crippen molar-refractivity contribution < 1.29 is 14.6 Å². The number of hydrogen-bond donors (Lipinski definition) is 2. The Morgan fingerprint density at radius 1 is 1.64 bits per heavy atom. The highest BCUT2D eigenvalue weighted by Gasteiger charge is 2.04. The first-order valence-electron chi connectivity index (χ1n) is 3.27. The highest BCUT2D eigenvalue weighted by molar-refractivity contribution is 5.86. The van der Waals surface area contributed by atoms with E-state index in [0.717, 1.165) is 0 Å². The van der Waals surface area contributed by atoms with Crippen molar-refractivity contribution in [3.63, 3.8) is 0 Å². The van der Waals surface area contributed by atoms with Crippen LogP contribution in [0.4, 0.5) is 0 Å². The molecule has 0 aliphatic heterocycles. The van der Waals surface area contributed by atoms with Crippen molar-refractivity contribution in [1.29, 1.82) is 0 Å². The topological polar surface area (TPSA) is 72.5 Å². The molecule has 0 bridgehead atoms. The molecule has 0 aromatic heterocycles. The molecule has 11 heavy (non-hydrogen) atoms. The first kappa shape index (κ1) is 9.97. The Morgan fingerprint density at radius 2 is 2.18 bits per heavy atom. The summed E-state index contributed by atoms with van der Waals surface area (Å²) in [6, 6.07) is 0. The van der Waals surface area contributed by atoms with Crippen molar-refractivity contribution in [1.82, 2.24) is 0 Å². The van der Waals surface area contributed by atoms with Crippen LogP contribution < -0.4 is 5.73 Å². The number of carbonyl (C=O) groups is 1. The van der Waals surface area contributed by atoms with Gasteiger partial charge in [0, 0.05) is 13.7 Å². The second-order valence-electron chi connectivity index (χ2n) is 2.24. The van der Waals surface area contributed by atoms with Crippen LogP contribution in [0, 0.1) is 0 Å². The fourth-order valence-electron chi connectivity index (χ4n) is 0.572. The van der Waals surface area contributed by atoms with Gasteiger partial charge in [0.2, 0.25) is 0 Å². The van der Waals surface area contributed by atoms with Crippen LogP contribution in [0.15, 0.2) is 11.3 Å². The summed E-state index contributed by atoms with van der Waals surface area (Å²) in [7, 11) is 1.56. The normalized spacial score (nSPS) is 12.5. The van der Waals surface area contributed by atoms with E-state index in [0.29, 0.717) is 18.6 Å². The summed E-state index contributed by atoms with van der Waals surface area (Å²) in [5.41, 5.74) is 5.80. The molecule has 0 saturated carbocycles. The van der Waals surface area contributed by atoms with E-state index in [-0.39, 0.29) is 5.70 Å². The van der Waals surface area contributed by atoms with E-state index in [1.807, 2.05) is 0 Å². The van der Waals surface area contributed by atoms with E-state index in [4.69, 9.17) is 15.6 Å². The Kier molecular flexibility index (Phi) is 4.29. The molecule has 0 fully saturated rings. The third-order valence-electron chi connectivity index (χ3n) is 1.37. The molecule has 0 spiro atoms. The van der Waals surface area contributed by atoms with Crippen LogP contribution in [-0.4, -0.2) is 24.8 Å². The van der Waals surface area contributed by atoms with E-state index in [1.165, 1.54) is 0 Å². The Hall–Kier alpha value is -1.03. The monoisotopic (exact) mass is 159 g/mol. The van der Waals surface area contributed by atoms with Gasteiger partial charge < -0.3 is 15.6 Å². The minimum absolute atomic E-state index is 0.0814. The predicted octanol–water partition coefficient (Wildman–Crippen LogP) is 0.340. The lowest BCUT2D eigenvalue weighted by molar-refractivity contribution is -0.132. The third-order valence-corrected chi connectivity index (χ3v) is 1.37. The molecular weight excluding hydrogens is 146 g/mol. The van der Waals surface area contributed by atoms with E-state index < -0.39 is 5.97 Å². The molecular formula is C7H13NO3. The zero-order chi connectivity index (χ0) is 8.85. The number of carboxylic acids is 1. The summed E-state index contributed by atoms with van der Waals surface area (Å²) >= 11 is 0. The molecule has 4 heteroatoms. The molecule has 0 saturated heterocycles. The van der Waals surface area contributed by atoms with Crippen LogP contribution in [0.5, 0.6) is 0 Å². The molecule has 0 unspecified atom stereocenters. The molecule has 3 N–H and O–H groups in total. The Bertz CT molecular complexity index is 175. The number of nitrogens with two attached hydrogens (primary N) is 1. The van der Waals surface area contributed by atoms with Crippen LogP contribution in [0.3, 0.4) is 0 Å². The van der Waals surface area contributed by atoms with Crippen molar-refractivity contribution in [2.24, 2.45) is 5.73 Å². The van der Waals surface area contributed by atoms with Crippen molar-refractivity contribution in [3.8, 4) is 0 Å². The summed E-state index contributed by atoms with van der Waals surface area (Å²) in [5.74, 6) is -1.07. The zero-order valence-electron chi connectivity index (χ0n) is 6.76. The predicted molar refractivity (Wildman–Crippen MR) is 41.0 cm³/mol. The zero-order valence-corrected chi connectivity index (χ0v) is 6.76. The number of aliphatic carboxylic acids is 1. The maximum absolute atomic E-state index is 10.3. The minimum Gasteiger partial charge on any atom is -0.477 e. The van der Waals surface area contributed by atoms with Crippen LogP contribution in [0.25, 0.3) is 0 Å². The first-order valence-corrected chi connectivity index (χ1v) is 3.27. The number of carboxylic acid groups (broad SMARTS) is 1.